The number of carbonyl (C=O) groups excluding carboxylic acids is 1. The van der Waals surface area contributed by atoms with Gasteiger partial charge in [-0.3, -0.25) is 9.36 Å². The number of thiophene rings is 1. The Hall–Kier alpha value is -3.10. The molecular weight excluding hydrogens is 452 g/mol. The summed E-state index contributed by atoms with van der Waals surface area (Å²) in [7, 11) is 1.65. The summed E-state index contributed by atoms with van der Waals surface area (Å²) in [5.41, 5.74) is 3.41. The number of ether oxygens (including phenoxy) is 1. The molecule has 3 heterocycles. The van der Waals surface area contributed by atoms with Gasteiger partial charge in [0.05, 0.1) is 22.9 Å². The Morgan fingerprint density at radius 3 is 2.64 bits per heavy atom. The Bertz CT molecular complexity index is 1270. The lowest BCUT2D eigenvalue weighted by atomic mass is 10.00. The number of nitrogens with zero attached hydrogens (tertiary/aromatic N) is 4. The van der Waals surface area contributed by atoms with Crippen LogP contribution in [0.5, 0.6) is 5.75 Å². The second-order valence-corrected chi connectivity index (χ2v) is 10.1. The molecule has 6 nitrogen and oxygen atoms in total. The van der Waals surface area contributed by atoms with Crippen LogP contribution in [0.1, 0.15) is 18.1 Å². The van der Waals surface area contributed by atoms with Crippen LogP contribution in [0.25, 0.3) is 16.4 Å². The average Bonchev–Trinajstić information content (AvgIpc) is 3.53. The summed E-state index contributed by atoms with van der Waals surface area (Å²) in [6.45, 7) is 3.33. The Morgan fingerprint density at radius 1 is 1.06 bits per heavy atom. The number of methoxy groups -OCH3 is 1. The molecule has 0 spiro atoms. The van der Waals surface area contributed by atoms with E-state index < -0.39 is 0 Å². The van der Waals surface area contributed by atoms with Crippen molar-refractivity contribution in [2.45, 2.75) is 30.3 Å². The molecule has 4 aromatic rings. The van der Waals surface area contributed by atoms with Crippen LogP contribution >= 0.6 is 23.1 Å². The molecule has 0 saturated heterocycles. The normalized spacial score (nSPS) is 14.1. The minimum Gasteiger partial charge on any atom is -0.495 e. The molecule has 33 heavy (non-hydrogen) atoms. The van der Waals surface area contributed by atoms with Crippen LogP contribution in [0.3, 0.4) is 0 Å². The van der Waals surface area contributed by atoms with Gasteiger partial charge in [0.1, 0.15) is 5.75 Å². The predicted octanol–water partition coefficient (Wildman–Crippen LogP) is 5.07. The third-order valence-corrected chi connectivity index (χ3v) is 7.67. The highest BCUT2D eigenvalue weighted by molar-refractivity contribution is 8.00. The van der Waals surface area contributed by atoms with Crippen LogP contribution in [0.2, 0.25) is 0 Å². The third-order valence-electron chi connectivity index (χ3n) is 5.77. The van der Waals surface area contributed by atoms with Gasteiger partial charge in [0.2, 0.25) is 5.91 Å². The monoisotopic (exact) mass is 476 g/mol. The second kappa shape index (κ2) is 9.41. The number of rotatable bonds is 6. The number of carbonyl (C=O) groups is 1. The van der Waals surface area contributed by atoms with Gasteiger partial charge in [-0.1, -0.05) is 54.2 Å². The lowest BCUT2D eigenvalue weighted by Crippen LogP contribution is -2.40. The van der Waals surface area contributed by atoms with Gasteiger partial charge >= 0.3 is 0 Å². The topological polar surface area (TPSA) is 60.2 Å². The Kier molecular flexibility index (Phi) is 6.20. The number of amides is 1. The zero-order valence-corrected chi connectivity index (χ0v) is 20.1. The van der Waals surface area contributed by atoms with Gasteiger partial charge in [0, 0.05) is 13.1 Å². The van der Waals surface area contributed by atoms with Crippen molar-refractivity contribution in [2.75, 3.05) is 13.7 Å². The van der Waals surface area contributed by atoms with Gasteiger partial charge in [0.15, 0.2) is 11.0 Å². The van der Waals surface area contributed by atoms with E-state index in [1.54, 1.807) is 18.4 Å². The first-order chi connectivity index (χ1) is 16.2. The minimum absolute atomic E-state index is 0.113. The third kappa shape index (κ3) is 4.28. The van der Waals surface area contributed by atoms with Crippen LogP contribution < -0.4 is 4.74 Å². The van der Waals surface area contributed by atoms with Gasteiger partial charge in [-0.15, -0.1) is 21.5 Å². The molecular formula is C25H24N4O2S2. The van der Waals surface area contributed by atoms with Crippen molar-refractivity contribution in [2.24, 2.45) is 0 Å². The molecule has 1 atom stereocenters. The lowest BCUT2D eigenvalue weighted by molar-refractivity contribution is -0.131. The summed E-state index contributed by atoms with van der Waals surface area (Å²) in [6, 6.07) is 20.2. The van der Waals surface area contributed by atoms with Crippen LogP contribution in [0.4, 0.5) is 0 Å². The molecule has 5 rings (SSSR count). The van der Waals surface area contributed by atoms with Crippen molar-refractivity contribution in [1.29, 1.82) is 0 Å². The van der Waals surface area contributed by atoms with E-state index in [1.165, 1.54) is 22.9 Å². The standard InChI is InChI=1S/C25H24N4O2S2/c1-17(24(30)28-14-13-18-8-3-4-9-19(18)16-28)33-25-27-26-23(22-12-7-15-32-22)29(25)20-10-5-6-11-21(20)31-2/h3-12,15,17H,13-14,16H2,1-2H3/t17-/m0/s1. The van der Waals surface area contributed by atoms with Gasteiger partial charge in [-0.25, -0.2) is 0 Å². The number of benzene rings is 2. The first-order valence-corrected chi connectivity index (χ1v) is 12.6. The molecule has 8 heteroatoms. The summed E-state index contributed by atoms with van der Waals surface area (Å²) < 4.78 is 7.61. The van der Waals surface area contributed by atoms with E-state index in [9.17, 15) is 4.79 Å². The molecule has 2 aromatic heterocycles. The summed E-state index contributed by atoms with van der Waals surface area (Å²) >= 11 is 3.04. The van der Waals surface area contributed by atoms with Crippen LogP contribution in [0, 0.1) is 0 Å². The first kappa shape index (κ1) is 21.7. The van der Waals surface area contributed by atoms with E-state index in [0.29, 0.717) is 11.7 Å². The van der Waals surface area contributed by atoms with E-state index in [1.807, 2.05) is 64.2 Å². The van der Waals surface area contributed by atoms with E-state index in [-0.39, 0.29) is 11.2 Å². The number of aromatic nitrogens is 3. The molecule has 0 N–H and O–H groups in total. The van der Waals surface area contributed by atoms with E-state index in [2.05, 4.69) is 28.4 Å². The molecule has 168 valence electrons. The molecule has 1 amide bonds. The fourth-order valence-corrected chi connectivity index (χ4v) is 5.74. The molecule has 1 aliphatic rings. The summed E-state index contributed by atoms with van der Waals surface area (Å²) in [6.07, 6.45) is 0.888. The van der Waals surface area contributed by atoms with E-state index in [4.69, 9.17) is 4.74 Å². The SMILES string of the molecule is COc1ccccc1-n1c(S[C@@H](C)C(=O)N2CCc3ccccc3C2)nnc1-c1cccs1. The maximum Gasteiger partial charge on any atom is 0.236 e. The van der Waals surface area contributed by atoms with E-state index >= 15 is 0 Å². The second-order valence-electron chi connectivity index (χ2n) is 7.83. The summed E-state index contributed by atoms with van der Waals surface area (Å²) in [5, 5.41) is 11.4. The zero-order valence-electron chi connectivity index (χ0n) is 18.5. The average molecular weight is 477 g/mol. The quantitative estimate of drug-likeness (QED) is 0.364. The van der Waals surface area contributed by atoms with Crippen molar-refractivity contribution < 1.29 is 9.53 Å². The number of para-hydroxylation sites is 2. The number of hydrogen-bond acceptors (Lipinski definition) is 6. The largest absolute Gasteiger partial charge is 0.495 e. The molecule has 2 aromatic carbocycles. The van der Waals surface area contributed by atoms with Crippen molar-refractivity contribution >= 4 is 29.0 Å². The van der Waals surface area contributed by atoms with Crippen molar-refractivity contribution in [3.8, 4) is 22.1 Å². The van der Waals surface area contributed by atoms with Crippen molar-refractivity contribution in [3.63, 3.8) is 0 Å². The Morgan fingerprint density at radius 2 is 1.85 bits per heavy atom. The van der Waals surface area contributed by atoms with Crippen molar-refractivity contribution in [3.05, 3.63) is 77.2 Å². The van der Waals surface area contributed by atoms with Crippen LogP contribution in [-0.2, 0) is 17.8 Å². The van der Waals surface area contributed by atoms with Gasteiger partial charge in [-0.05, 0) is 48.1 Å². The number of thioether (sulfide) groups is 1. The molecule has 0 bridgehead atoms. The maximum absolute atomic E-state index is 13.3. The van der Waals surface area contributed by atoms with Crippen LogP contribution in [0.15, 0.2) is 71.2 Å². The fraction of sp³-hybridized carbons (Fsp3) is 0.240. The highest BCUT2D eigenvalue weighted by Gasteiger charge is 2.28. The van der Waals surface area contributed by atoms with Gasteiger partial charge < -0.3 is 9.64 Å². The Balaban J connectivity index is 1.44. The predicted molar refractivity (Wildman–Crippen MR) is 132 cm³/mol. The molecule has 1 aliphatic heterocycles. The fourth-order valence-electron chi connectivity index (χ4n) is 4.09. The summed E-state index contributed by atoms with van der Waals surface area (Å²) in [5.74, 6) is 1.58. The highest BCUT2D eigenvalue weighted by atomic mass is 32.2. The zero-order chi connectivity index (χ0) is 22.8. The molecule has 0 fully saturated rings. The maximum atomic E-state index is 13.3. The van der Waals surface area contributed by atoms with E-state index in [0.717, 1.165) is 35.1 Å². The van der Waals surface area contributed by atoms with Crippen molar-refractivity contribution in [1.82, 2.24) is 19.7 Å². The first-order valence-electron chi connectivity index (χ1n) is 10.8. The molecule has 0 unspecified atom stereocenters. The molecule has 0 saturated carbocycles. The highest BCUT2D eigenvalue weighted by Crippen LogP contribution is 2.35. The minimum atomic E-state index is -0.302. The number of hydrogen-bond donors (Lipinski definition) is 0. The van der Waals surface area contributed by atoms with Gasteiger partial charge in [0.25, 0.3) is 0 Å². The smallest absolute Gasteiger partial charge is 0.236 e. The lowest BCUT2D eigenvalue weighted by Gasteiger charge is -2.30. The Labute approximate surface area is 201 Å². The van der Waals surface area contributed by atoms with Crippen LogP contribution in [-0.4, -0.2) is 44.5 Å². The number of fused-ring (bicyclic) bond motifs is 1. The summed E-state index contributed by atoms with van der Waals surface area (Å²) in [4.78, 5) is 16.3. The van der Waals surface area contributed by atoms with Gasteiger partial charge in [-0.2, -0.15) is 0 Å². The molecule has 0 radical (unpaired) electrons. The molecule has 0 aliphatic carbocycles.